The molecular weight excluding hydrogens is 359 g/mol. The largest absolute Gasteiger partial charge is 0.370 e. The zero-order chi connectivity index (χ0) is 19.2. The first kappa shape index (κ1) is 19.6. The van der Waals surface area contributed by atoms with Crippen molar-refractivity contribution in [2.75, 3.05) is 17.2 Å². The Morgan fingerprint density at radius 1 is 1.04 bits per heavy atom. The van der Waals surface area contributed by atoms with Crippen LogP contribution in [0.25, 0.3) is 0 Å². The molecule has 0 spiro atoms. The standard InChI is InChI=1S/C17H15F5N2O2/c18-12-4-2-6-14(8-12)24-16(25)23-13-5-1-3-11(7-13)9-26-10-17(21,22)15(19)20/h1-8,15H,9-10H2,(H2,23,24,25). The predicted octanol–water partition coefficient (Wildman–Crippen LogP) is 4.89. The molecule has 26 heavy (non-hydrogen) atoms. The second-order valence-electron chi connectivity index (χ2n) is 5.34. The lowest BCUT2D eigenvalue weighted by Crippen LogP contribution is -2.32. The number of anilines is 2. The van der Waals surface area contributed by atoms with E-state index in [2.05, 4.69) is 15.4 Å². The van der Waals surface area contributed by atoms with E-state index in [4.69, 9.17) is 0 Å². The Balaban J connectivity index is 1.89. The Hall–Kier alpha value is -2.68. The maximum absolute atomic E-state index is 13.1. The van der Waals surface area contributed by atoms with Gasteiger partial charge in [-0.2, -0.15) is 8.78 Å². The van der Waals surface area contributed by atoms with E-state index in [0.29, 0.717) is 11.3 Å². The molecule has 0 heterocycles. The van der Waals surface area contributed by atoms with Crippen molar-refractivity contribution in [2.45, 2.75) is 19.0 Å². The number of benzene rings is 2. The van der Waals surface area contributed by atoms with Gasteiger partial charge in [0.05, 0.1) is 6.61 Å². The van der Waals surface area contributed by atoms with Gasteiger partial charge < -0.3 is 15.4 Å². The van der Waals surface area contributed by atoms with Crippen molar-refractivity contribution in [3.05, 3.63) is 59.9 Å². The first-order valence-electron chi connectivity index (χ1n) is 7.42. The van der Waals surface area contributed by atoms with E-state index >= 15 is 0 Å². The van der Waals surface area contributed by atoms with Crippen LogP contribution in [0, 0.1) is 5.82 Å². The molecule has 0 aromatic heterocycles. The van der Waals surface area contributed by atoms with Crippen molar-refractivity contribution in [1.82, 2.24) is 0 Å². The summed E-state index contributed by atoms with van der Waals surface area (Å²) in [7, 11) is 0. The summed E-state index contributed by atoms with van der Waals surface area (Å²) in [4.78, 5) is 11.9. The van der Waals surface area contributed by atoms with Crippen molar-refractivity contribution in [2.24, 2.45) is 0 Å². The van der Waals surface area contributed by atoms with Crippen molar-refractivity contribution in [1.29, 1.82) is 0 Å². The van der Waals surface area contributed by atoms with Crippen LogP contribution in [0.2, 0.25) is 0 Å². The number of ether oxygens (including phenoxy) is 1. The molecule has 2 amide bonds. The molecule has 2 N–H and O–H groups in total. The average Bonchev–Trinajstić information content (AvgIpc) is 2.54. The van der Waals surface area contributed by atoms with Gasteiger partial charge in [-0.15, -0.1) is 0 Å². The number of hydrogen-bond acceptors (Lipinski definition) is 2. The Kier molecular flexibility index (Phi) is 6.51. The van der Waals surface area contributed by atoms with Gasteiger partial charge in [-0.25, -0.2) is 18.0 Å². The number of amides is 2. The minimum Gasteiger partial charge on any atom is -0.370 e. The molecule has 2 rings (SSSR count). The molecule has 0 radical (unpaired) electrons. The van der Waals surface area contributed by atoms with Gasteiger partial charge in [0.15, 0.2) is 0 Å². The zero-order valence-corrected chi connectivity index (χ0v) is 13.3. The van der Waals surface area contributed by atoms with Crippen LogP contribution in [-0.4, -0.2) is 25.0 Å². The predicted molar refractivity (Wildman–Crippen MR) is 86.1 cm³/mol. The van der Waals surface area contributed by atoms with Gasteiger partial charge in [0.2, 0.25) is 0 Å². The lowest BCUT2D eigenvalue weighted by Gasteiger charge is -2.15. The van der Waals surface area contributed by atoms with E-state index in [1.807, 2.05) is 0 Å². The Labute approximate surface area is 146 Å². The van der Waals surface area contributed by atoms with E-state index in [1.54, 1.807) is 0 Å². The number of halogens is 5. The second-order valence-corrected chi connectivity index (χ2v) is 5.34. The van der Waals surface area contributed by atoms with Crippen LogP contribution in [0.1, 0.15) is 5.56 Å². The van der Waals surface area contributed by atoms with E-state index in [-0.39, 0.29) is 12.3 Å². The normalized spacial score (nSPS) is 11.5. The summed E-state index contributed by atoms with van der Waals surface area (Å²) in [6.07, 6.45) is -3.80. The lowest BCUT2D eigenvalue weighted by atomic mass is 10.2. The molecule has 0 saturated carbocycles. The number of rotatable bonds is 7. The summed E-state index contributed by atoms with van der Waals surface area (Å²) in [6.45, 7) is -1.74. The number of nitrogens with one attached hydrogen (secondary N) is 2. The first-order valence-corrected chi connectivity index (χ1v) is 7.42. The topological polar surface area (TPSA) is 50.4 Å². The number of carbonyl (C=O) groups excluding carboxylic acids is 1. The molecule has 0 saturated heterocycles. The smallest absolute Gasteiger partial charge is 0.330 e. The number of carbonyl (C=O) groups is 1. The third-order valence-electron chi connectivity index (χ3n) is 3.15. The molecule has 0 atom stereocenters. The van der Waals surface area contributed by atoms with Gasteiger partial charge in [0.1, 0.15) is 12.4 Å². The van der Waals surface area contributed by atoms with Crippen molar-refractivity contribution in [3.63, 3.8) is 0 Å². The molecule has 4 nitrogen and oxygen atoms in total. The fourth-order valence-corrected chi connectivity index (χ4v) is 1.97. The van der Waals surface area contributed by atoms with Gasteiger partial charge in [0.25, 0.3) is 0 Å². The monoisotopic (exact) mass is 374 g/mol. The molecule has 0 aliphatic heterocycles. The van der Waals surface area contributed by atoms with Gasteiger partial charge in [-0.1, -0.05) is 18.2 Å². The summed E-state index contributed by atoms with van der Waals surface area (Å²) in [6, 6.07) is 10.7. The van der Waals surface area contributed by atoms with Crippen LogP contribution < -0.4 is 10.6 Å². The van der Waals surface area contributed by atoms with Crippen LogP contribution in [0.4, 0.5) is 38.1 Å². The zero-order valence-electron chi connectivity index (χ0n) is 13.3. The number of urea groups is 1. The molecule has 0 unspecified atom stereocenters. The van der Waals surface area contributed by atoms with Gasteiger partial charge >= 0.3 is 18.4 Å². The summed E-state index contributed by atoms with van der Waals surface area (Å²) in [5.41, 5.74) is 0.968. The lowest BCUT2D eigenvalue weighted by molar-refractivity contribution is -0.168. The molecule has 0 aliphatic carbocycles. The minimum absolute atomic E-state index is 0.246. The Morgan fingerprint density at radius 3 is 2.27 bits per heavy atom. The highest BCUT2D eigenvalue weighted by Gasteiger charge is 2.40. The molecular formula is C17H15F5N2O2. The van der Waals surface area contributed by atoms with Crippen molar-refractivity contribution >= 4 is 17.4 Å². The number of hydrogen-bond donors (Lipinski definition) is 2. The molecule has 9 heteroatoms. The SMILES string of the molecule is O=C(Nc1cccc(F)c1)Nc1cccc(COCC(F)(F)C(F)F)c1. The van der Waals surface area contributed by atoms with E-state index in [1.165, 1.54) is 42.5 Å². The van der Waals surface area contributed by atoms with Crippen LogP contribution in [0.5, 0.6) is 0 Å². The fraction of sp³-hybridized carbons (Fsp3) is 0.235. The van der Waals surface area contributed by atoms with Gasteiger partial charge in [-0.05, 0) is 35.9 Å². The third kappa shape index (κ3) is 5.99. The Morgan fingerprint density at radius 2 is 1.65 bits per heavy atom. The summed E-state index contributed by atoms with van der Waals surface area (Å²) < 4.78 is 67.3. The van der Waals surface area contributed by atoms with Crippen LogP contribution in [0.15, 0.2) is 48.5 Å². The molecule has 0 bridgehead atoms. The van der Waals surface area contributed by atoms with Crippen molar-refractivity contribution < 1.29 is 31.5 Å². The molecule has 0 fully saturated rings. The van der Waals surface area contributed by atoms with Crippen LogP contribution in [-0.2, 0) is 11.3 Å². The van der Waals surface area contributed by atoms with Crippen LogP contribution >= 0.6 is 0 Å². The average molecular weight is 374 g/mol. The van der Waals surface area contributed by atoms with Crippen LogP contribution in [0.3, 0.4) is 0 Å². The highest BCUT2D eigenvalue weighted by Crippen LogP contribution is 2.23. The summed E-state index contributed by atoms with van der Waals surface area (Å²) in [5.74, 6) is -4.73. The molecule has 0 aliphatic rings. The van der Waals surface area contributed by atoms with Gasteiger partial charge in [-0.3, -0.25) is 0 Å². The highest BCUT2D eigenvalue weighted by atomic mass is 19.3. The molecule has 140 valence electrons. The fourth-order valence-electron chi connectivity index (χ4n) is 1.97. The molecule has 2 aromatic rings. The third-order valence-corrected chi connectivity index (χ3v) is 3.15. The minimum atomic E-state index is -4.22. The number of alkyl halides is 4. The second kappa shape index (κ2) is 8.61. The quantitative estimate of drug-likeness (QED) is 0.678. The van der Waals surface area contributed by atoms with E-state index in [0.717, 1.165) is 6.07 Å². The summed E-state index contributed by atoms with van der Waals surface area (Å²) >= 11 is 0. The molecule has 2 aromatic carbocycles. The summed E-state index contributed by atoms with van der Waals surface area (Å²) in [5, 5.41) is 4.90. The maximum Gasteiger partial charge on any atom is 0.330 e. The Bertz CT molecular complexity index is 755. The maximum atomic E-state index is 13.1. The van der Waals surface area contributed by atoms with Crippen molar-refractivity contribution in [3.8, 4) is 0 Å². The van der Waals surface area contributed by atoms with E-state index < -0.39 is 30.8 Å². The van der Waals surface area contributed by atoms with Gasteiger partial charge in [0, 0.05) is 11.4 Å². The highest BCUT2D eigenvalue weighted by molar-refractivity contribution is 5.99. The first-order chi connectivity index (χ1) is 12.3. The van der Waals surface area contributed by atoms with E-state index in [9.17, 15) is 26.7 Å².